The number of amides is 1. The topological polar surface area (TPSA) is 32.3 Å². The summed E-state index contributed by atoms with van der Waals surface area (Å²) in [5, 5.41) is 3.96. The number of anilines is 1. The van der Waals surface area contributed by atoms with Crippen molar-refractivity contribution in [1.29, 1.82) is 0 Å². The molecule has 0 radical (unpaired) electrons. The summed E-state index contributed by atoms with van der Waals surface area (Å²) in [6, 6.07) is 5.54. The molecule has 1 aromatic rings. The summed E-state index contributed by atoms with van der Waals surface area (Å²) in [6.07, 6.45) is 0. The van der Waals surface area contributed by atoms with Gasteiger partial charge in [-0.15, -0.1) is 0 Å². The van der Waals surface area contributed by atoms with E-state index in [0.717, 1.165) is 24.3 Å². The van der Waals surface area contributed by atoms with Gasteiger partial charge in [0.05, 0.1) is 6.04 Å². The van der Waals surface area contributed by atoms with E-state index >= 15 is 0 Å². The van der Waals surface area contributed by atoms with Crippen LogP contribution < -0.4 is 10.2 Å². The summed E-state index contributed by atoms with van der Waals surface area (Å²) in [4.78, 5) is 14.2. The van der Waals surface area contributed by atoms with Gasteiger partial charge in [0.15, 0.2) is 0 Å². The van der Waals surface area contributed by atoms with Crippen molar-refractivity contribution in [2.24, 2.45) is 5.92 Å². The van der Waals surface area contributed by atoms with Crippen molar-refractivity contribution in [2.75, 3.05) is 18.0 Å². The second kappa shape index (κ2) is 5.29. The fraction of sp³-hybridized carbons (Fsp3) is 0.500. The molecule has 2 rings (SSSR count). The number of carbonyl (C=O) groups is 1. The Balaban J connectivity index is 2.36. The van der Waals surface area contributed by atoms with Gasteiger partial charge in [-0.3, -0.25) is 4.79 Å². The zero-order chi connectivity index (χ0) is 13.3. The molecule has 1 saturated heterocycles. The Kier molecular flexibility index (Phi) is 3.93. The van der Waals surface area contributed by atoms with Crippen molar-refractivity contribution in [3.8, 4) is 0 Å². The molecule has 0 spiro atoms. The second-order valence-electron chi connectivity index (χ2n) is 5.11. The third kappa shape index (κ3) is 2.68. The molecule has 1 aliphatic heterocycles. The van der Waals surface area contributed by atoms with Gasteiger partial charge in [-0.1, -0.05) is 18.5 Å². The van der Waals surface area contributed by atoms with E-state index in [1.807, 2.05) is 36.9 Å². The molecule has 18 heavy (non-hydrogen) atoms. The number of benzene rings is 1. The molecule has 1 N–H and O–H groups in total. The first-order chi connectivity index (χ1) is 8.49. The van der Waals surface area contributed by atoms with E-state index in [1.54, 1.807) is 0 Å². The van der Waals surface area contributed by atoms with Crippen molar-refractivity contribution < 1.29 is 4.79 Å². The highest BCUT2D eigenvalue weighted by atomic mass is 35.5. The molecule has 0 saturated carbocycles. The van der Waals surface area contributed by atoms with Gasteiger partial charge in [0, 0.05) is 23.8 Å². The first-order valence-electron chi connectivity index (χ1n) is 6.30. The van der Waals surface area contributed by atoms with Gasteiger partial charge in [0.1, 0.15) is 0 Å². The molecule has 0 bridgehead atoms. The Morgan fingerprint density at radius 3 is 2.78 bits per heavy atom. The smallest absolute Gasteiger partial charge is 0.243 e. The lowest BCUT2D eigenvalue weighted by molar-refractivity contribution is -0.119. The van der Waals surface area contributed by atoms with E-state index in [-0.39, 0.29) is 11.9 Å². The maximum absolute atomic E-state index is 12.4. The molecule has 4 heteroatoms. The summed E-state index contributed by atoms with van der Waals surface area (Å²) in [7, 11) is 0. The van der Waals surface area contributed by atoms with Crippen molar-refractivity contribution in [2.45, 2.75) is 26.8 Å². The highest BCUT2D eigenvalue weighted by Gasteiger charge is 2.27. The lowest BCUT2D eigenvalue weighted by Crippen LogP contribution is -2.42. The molecular formula is C14H19ClN2O. The molecule has 1 heterocycles. The molecule has 2 unspecified atom stereocenters. The Hall–Kier alpha value is -1.06. The average molecular weight is 267 g/mol. The zero-order valence-corrected chi connectivity index (χ0v) is 11.8. The number of rotatable bonds is 1. The average Bonchev–Trinajstić information content (AvgIpc) is 2.43. The third-order valence-corrected chi connectivity index (χ3v) is 3.59. The second-order valence-corrected chi connectivity index (χ2v) is 5.55. The molecule has 98 valence electrons. The molecule has 1 amide bonds. The first-order valence-corrected chi connectivity index (χ1v) is 6.67. The fourth-order valence-electron chi connectivity index (χ4n) is 2.30. The van der Waals surface area contributed by atoms with Crippen LogP contribution in [-0.2, 0) is 4.79 Å². The van der Waals surface area contributed by atoms with Crippen LogP contribution in [0.25, 0.3) is 0 Å². The maximum Gasteiger partial charge on any atom is 0.243 e. The van der Waals surface area contributed by atoms with Gasteiger partial charge in [-0.25, -0.2) is 0 Å². The number of hydrogen-bond acceptors (Lipinski definition) is 2. The maximum atomic E-state index is 12.4. The van der Waals surface area contributed by atoms with Gasteiger partial charge in [-0.05, 0) is 43.5 Å². The van der Waals surface area contributed by atoms with Crippen molar-refractivity contribution in [3.05, 3.63) is 28.8 Å². The van der Waals surface area contributed by atoms with Crippen LogP contribution in [0.5, 0.6) is 0 Å². The highest BCUT2D eigenvalue weighted by Crippen LogP contribution is 2.26. The summed E-state index contributed by atoms with van der Waals surface area (Å²) >= 11 is 5.97. The lowest BCUT2D eigenvalue weighted by Gasteiger charge is -2.25. The van der Waals surface area contributed by atoms with E-state index in [2.05, 4.69) is 12.2 Å². The van der Waals surface area contributed by atoms with Gasteiger partial charge in [-0.2, -0.15) is 0 Å². The minimum Gasteiger partial charge on any atom is -0.310 e. The number of halogens is 1. The fourth-order valence-corrected chi connectivity index (χ4v) is 2.53. The van der Waals surface area contributed by atoms with Crippen LogP contribution in [0.1, 0.15) is 19.4 Å². The van der Waals surface area contributed by atoms with Crippen LogP contribution in [-0.4, -0.2) is 25.0 Å². The van der Waals surface area contributed by atoms with E-state index in [1.165, 1.54) is 0 Å². The monoisotopic (exact) mass is 266 g/mol. The van der Waals surface area contributed by atoms with Crippen molar-refractivity contribution in [3.63, 3.8) is 0 Å². The predicted molar refractivity (Wildman–Crippen MR) is 75.2 cm³/mol. The summed E-state index contributed by atoms with van der Waals surface area (Å²) in [5.74, 6) is 0.568. The molecule has 0 aromatic heterocycles. The highest BCUT2D eigenvalue weighted by molar-refractivity contribution is 6.30. The summed E-state index contributed by atoms with van der Waals surface area (Å²) in [5.41, 5.74) is 2.00. The molecule has 1 aromatic carbocycles. The standard InChI is InChI=1S/C14H19ClN2O/c1-9-7-16-11(3)14(18)17(8-9)13-5-4-12(15)6-10(13)2/h4-6,9,11,16H,7-8H2,1-3H3. The lowest BCUT2D eigenvalue weighted by atomic mass is 10.1. The predicted octanol–water partition coefficient (Wildman–Crippen LogP) is 2.61. The summed E-state index contributed by atoms with van der Waals surface area (Å²) < 4.78 is 0. The zero-order valence-electron chi connectivity index (χ0n) is 11.0. The Morgan fingerprint density at radius 1 is 1.39 bits per heavy atom. The van der Waals surface area contributed by atoms with Crippen LogP contribution in [0.3, 0.4) is 0 Å². The number of aryl methyl sites for hydroxylation is 1. The normalized spacial score (nSPS) is 25.1. The Morgan fingerprint density at radius 2 is 2.11 bits per heavy atom. The van der Waals surface area contributed by atoms with E-state index in [4.69, 9.17) is 11.6 Å². The van der Waals surface area contributed by atoms with E-state index in [0.29, 0.717) is 10.9 Å². The SMILES string of the molecule is Cc1cc(Cl)ccc1N1CC(C)CNC(C)C1=O. The van der Waals surface area contributed by atoms with Crippen molar-refractivity contribution in [1.82, 2.24) is 5.32 Å². The Bertz CT molecular complexity index is 461. The molecule has 2 atom stereocenters. The van der Waals surface area contributed by atoms with Gasteiger partial charge < -0.3 is 10.2 Å². The molecule has 1 fully saturated rings. The number of nitrogens with zero attached hydrogens (tertiary/aromatic N) is 1. The number of carbonyl (C=O) groups excluding carboxylic acids is 1. The van der Waals surface area contributed by atoms with Gasteiger partial charge in [0.2, 0.25) is 5.91 Å². The van der Waals surface area contributed by atoms with Crippen LogP contribution in [0.2, 0.25) is 5.02 Å². The minimum absolute atomic E-state index is 0.129. The molecule has 3 nitrogen and oxygen atoms in total. The van der Waals surface area contributed by atoms with Gasteiger partial charge >= 0.3 is 0 Å². The quantitative estimate of drug-likeness (QED) is 0.848. The minimum atomic E-state index is -0.134. The van der Waals surface area contributed by atoms with Crippen LogP contribution >= 0.6 is 11.6 Å². The molecule has 1 aliphatic rings. The number of hydrogen-bond donors (Lipinski definition) is 1. The first kappa shape index (κ1) is 13.4. The Labute approximate surface area is 113 Å². The van der Waals surface area contributed by atoms with Crippen LogP contribution in [0.15, 0.2) is 18.2 Å². The van der Waals surface area contributed by atoms with E-state index in [9.17, 15) is 4.79 Å². The molecule has 0 aliphatic carbocycles. The third-order valence-electron chi connectivity index (χ3n) is 3.35. The van der Waals surface area contributed by atoms with Crippen molar-refractivity contribution >= 4 is 23.2 Å². The molecular weight excluding hydrogens is 248 g/mol. The largest absolute Gasteiger partial charge is 0.310 e. The van der Waals surface area contributed by atoms with E-state index < -0.39 is 0 Å². The number of nitrogens with one attached hydrogen (secondary N) is 1. The van der Waals surface area contributed by atoms with Crippen LogP contribution in [0, 0.1) is 12.8 Å². The van der Waals surface area contributed by atoms with Crippen LogP contribution in [0.4, 0.5) is 5.69 Å². The summed E-state index contributed by atoms with van der Waals surface area (Å²) in [6.45, 7) is 7.67. The van der Waals surface area contributed by atoms with Gasteiger partial charge in [0.25, 0.3) is 0 Å².